The first-order chi connectivity index (χ1) is 14.3. The molecule has 1 atom stereocenters. The van der Waals surface area contributed by atoms with E-state index >= 15 is 0 Å². The Morgan fingerprint density at radius 3 is 2.47 bits per heavy atom. The first-order valence-electron chi connectivity index (χ1n) is 10.2. The fourth-order valence-electron chi connectivity index (χ4n) is 3.22. The zero-order valence-corrected chi connectivity index (χ0v) is 19.3. The molecule has 0 fully saturated rings. The quantitative estimate of drug-likeness (QED) is 0.441. The van der Waals surface area contributed by atoms with Crippen molar-refractivity contribution in [2.75, 3.05) is 5.75 Å². The normalized spacial score (nSPS) is 12.2. The molecule has 2 N–H and O–H groups in total. The summed E-state index contributed by atoms with van der Waals surface area (Å²) < 4.78 is 2.03. The maximum Gasteiger partial charge on any atom is 0.335 e. The fraction of sp³-hybridized carbons (Fsp3) is 0.500. The molecule has 2 aromatic rings. The second-order valence-electron chi connectivity index (χ2n) is 7.71. The molecule has 30 heavy (non-hydrogen) atoms. The first kappa shape index (κ1) is 24.3. The summed E-state index contributed by atoms with van der Waals surface area (Å²) in [6.45, 7) is 6.90. The molecule has 0 saturated carbocycles. The van der Waals surface area contributed by atoms with E-state index in [9.17, 15) is 9.59 Å². The van der Waals surface area contributed by atoms with E-state index in [0.717, 1.165) is 36.3 Å². The van der Waals surface area contributed by atoms with Crippen molar-refractivity contribution >= 4 is 36.1 Å². The van der Waals surface area contributed by atoms with Gasteiger partial charge in [-0.15, -0.1) is 0 Å². The Bertz CT molecular complexity index is 865. The van der Waals surface area contributed by atoms with Gasteiger partial charge in [0.1, 0.15) is 5.82 Å². The van der Waals surface area contributed by atoms with Gasteiger partial charge in [-0.3, -0.25) is 4.79 Å². The third-order valence-electron chi connectivity index (χ3n) is 5.17. The van der Waals surface area contributed by atoms with Gasteiger partial charge in [-0.2, -0.15) is 12.6 Å². The molecule has 0 bridgehead atoms. The van der Waals surface area contributed by atoms with Crippen LogP contribution in [-0.2, 0) is 24.3 Å². The van der Waals surface area contributed by atoms with Crippen LogP contribution in [0.15, 0.2) is 24.3 Å². The van der Waals surface area contributed by atoms with Crippen molar-refractivity contribution in [3.05, 3.63) is 52.1 Å². The van der Waals surface area contributed by atoms with Crippen molar-refractivity contribution in [1.82, 2.24) is 14.9 Å². The Morgan fingerprint density at radius 1 is 1.27 bits per heavy atom. The van der Waals surface area contributed by atoms with Gasteiger partial charge in [0.15, 0.2) is 5.15 Å². The standard InChI is InChI=1S/C22H30ClN3O3S/c1-4-5-6-19-25-20(23)18(11-24-21(27)17(13-30)14(2)3)26(19)12-15-7-9-16(10-8-15)22(28)29/h7-10,14,17,30H,4-6,11-13H2,1-3H3,(H,24,27)(H,28,29). The number of aryl methyl sites for hydroxylation is 1. The number of rotatable bonds is 11. The van der Waals surface area contributed by atoms with Gasteiger partial charge in [0.2, 0.25) is 5.91 Å². The van der Waals surface area contributed by atoms with Crippen LogP contribution >= 0.6 is 24.2 Å². The number of imidazole rings is 1. The molecule has 0 aliphatic rings. The summed E-state index contributed by atoms with van der Waals surface area (Å²) in [6.07, 6.45) is 2.79. The Kier molecular flexibility index (Phi) is 9.24. The molecule has 8 heteroatoms. The number of carboxylic acids is 1. The molecule has 1 amide bonds. The minimum absolute atomic E-state index is 0.0512. The molecular weight excluding hydrogens is 422 g/mol. The summed E-state index contributed by atoms with van der Waals surface area (Å²) in [6, 6.07) is 6.75. The number of halogens is 1. The van der Waals surface area contributed by atoms with E-state index in [-0.39, 0.29) is 29.9 Å². The van der Waals surface area contributed by atoms with Gasteiger partial charge in [-0.1, -0.05) is 50.9 Å². The van der Waals surface area contributed by atoms with Crippen molar-refractivity contribution in [3.8, 4) is 0 Å². The highest BCUT2D eigenvalue weighted by Crippen LogP contribution is 2.22. The largest absolute Gasteiger partial charge is 0.478 e. The van der Waals surface area contributed by atoms with Gasteiger partial charge in [0, 0.05) is 24.6 Å². The van der Waals surface area contributed by atoms with Crippen molar-refractivity contribution in [2.24, 2.45) is 11.8 Å². The molecule has 2 rings (SSSR count). The molecule has 1 unspecified atom stereocenters. The van der Waals surface area contributed by atoms with E-state index in [4.69, 9.17) is 16.7 Å². The van der Waals surface area contributed by atoms with Crippen LogP contribution in [0.25, 0.3) is 0 Å². The number of unbranched alkanes of at least 4 members (excludes halogenated alkanes) is 1. The maximum atomic E-state index is 12.6. The van der Waals surface area contributed by atoms with Crippen molar-refractivity contribution in [3.63, 3.8) is 0 Å². The molecule has 0 aliphatic carbocycles. The highest BCUT2D eigenvalue weighted by molar-refractivity contribution is 7.80. The SMILES string of the molecule is CCCCc1nc(Cl)c(CNC(=O)C(CS)C(C)C)n1Cc1ccc(C(=O)O)cc1. The zero-order chi connectivity index (χ0) is 22.3. The van der Waals surface area contributed by atoms with E-state index in [1.807, 2.05) is 18.4 Å². The molecule has 1 aromatic heterocycles. The topological polar surface area (TPSA) is 84.2 Å². The van der Waals surface area contributed by atoms with Gasteiger partial charge < -0.3 is 15.0 Å². The van der Waals surface area contributed by atoms with Gasteiger partial charge in [-0.05, 0) is 30.0 Å². The van der Waals surface area contributed by atoms with Crippen molar-refractivity contribution < 1.29 is 14.7 Å². The number of carbonyl (C=O) groups excluding carboxylic acids is 1. The Hall–Kier alpha value is -1.99. The Labute approximate surface area is 188 Å². The Balaban J connectivity index is 2.27. The molecule has 164 valence electrons. The second kappa shape index (κ2) is 11.4. The lowest BCUT2D eigenvalue weighted by molar-refractivity contribution is -0.125. The van der Waals surface area contributed by atoms with Crippen LogP contribution in [0, 0.1) is 11.8 Å². The van der Waals surface area contributed by atoms with E-state index in [1.54, 1.807) is 24.3 Å². The number of nitrogens with one attached hydrogen (secondary N) is 1. The van der Waals surface area contributed by atoms with Crippen LogP contribution in [0.2, 0.25) is 5.15 Å². The third kappa shape index (κ3) is 6.25. The minimum Gasteiger partial charge on any atom is -0.478 e. The number of hydrogen-bond donors (Lipinski definition) is 3. The average molecular weight is 452 g/mol. The van der Waals surface area contributed by atoms with Crippen molar-refractivity contribution in [2.45, 2.75) is 53.1 Å². The predicted molar refractivity (Wildman–Crippen MR) is 122 cm³/mol. The summed E-state index contributed by atoms with van der Waals surface area (Å²) >= 11 is 10.7. The number of aromatic nitrogens is 2. The zero-order valence-electron chi connectivity index (χ0n) is 17.7. The molecule has 1 heterocycles. The lowest BCUT2D eigenvalue weighted by Gasteiger charge is -2.19. The highest BCUT2D eigenvalue weighted by Gasteiger charge is 2.22. The number of aromatic carboxylic acids is 1. The predicted octanol–water partition coefficient (Wildman–Crippen LogP) is 4.44. The second-order valence-corrected chi connectivity index (χ2v) is 8.43. The van der Waals surface area contributed by atoms with Gasteiger partial charge >= 0.3 is 5.97 Å². The van der Waals surface area contributed by atoms with Crippen LogP contribution in [0.1, 0.15) is 61.1 Å². The van der Waals surface area contributed by atoms with Crippen LogP contribution in [0.5, 0.6) is 0 Å². The molecule has 0 saturated heterocycles. The lowest BCUT2D eigenvalue weighted by Crippen LogP contribution is -2.34. The molecule has 0 radical (unpaired) electrons. The van der Waals surface area contributed by atoms with E-state index in [1.165, 1.54) is 0 Å². The van der Waals surface area contributed by atoms with Gasteiger partial charge in [-0.25, -0.2) is 9.78 Å². The van der Waals surface area contributed by atoms with E-state index in [0.29, 0.717) is 17.5 Å². The summed E-state index contributed by atoms with van der Waals surface area (Å²) in [5, 5.41) is 12.5. The van der Waals surface area contributed by atoms with E-state index in [2.05, 4.69) is 29.9 Å². The Morgan fingerprint density at radius 2 is 1.93 bits per heavy atom. The van der Waals surface area contributed by atoms with Gasteiger partial charge in [0.05, 0.1) is 17.8 Å². The number of hydrogen-bond acceptors (Lipinski definition) is 4. The summed E-state index contributed by atoms with van der Waals surface area (Å²) in [4.78, 5) is 28.2. The smallest absolute Gasteiger partial charge is 0.335 e. The molecule has 0 spiro atoms. The van der Waals surface area contributed by atoms with Crippen LogP contribution in [0.3, 0.4) is 0 Å². The fourth-order valence-corrected chi connectivity index (χ4v) is 4.07. The summed E-state index contributed by atoms with van der Waals surface area (Å²) in [5.74, 6) is 0.354. The molecular formula is C22H30ClN3O3S. The lowest BCUT2D eigenvalue weighted by atomic mass is 9.97. The number of amides is 1. The monoisotopic (exact) mass is 451 g/mol. The number of thiol groups is 1. The molecule has 6 nitrogen and oxygen atoms in total. The van der Waals surface area contributed by atoms with E-state index < -0.39 is 5.97 Å². The number of nitrogens with zero attached hydrogens (tertiary/aromatic N) is 2. The van der Waals surface area contributed by atoms with Crippen LogP contribution < -0.4 is 5.32 Å². The molecule has 1 aromatic carbocycles. The van der Waals surface area contributed by atoms with Crippen molar-refractivity contribution in [1.29, 1.82) is 0 Å². The highest BCUT2D eigenvalue weighted by atomic mass is 35.5. The number of benzene rings is 1. The summed E-state index contributed by atoms with van der Waals surface area (Å²) in [7, 11) is 0. The van der Waals surface area contributed by atoms with Crippen LogP contribution in [0.4, 0.5) is 0 Å². The third-order valence-corrected chi connectivity index (χ3v) is 5.86. The summed E-state index contributed by atoms with van der Waals surface area (Å²) in [5.41, 5.74) is 1.93. The minimum atomic E-state index is -0.955. The van der Waals surface area contributed by atoms with Gasteiger partial charge in [0.25, 0.3) is 0 Å². The number of carbonyl (C=O) groups is 2. The average Bonchev–Trinajstić information content (AvgIpc) is 2.99. The van der Waals surface area contributed by atoms with Crippen LogP contribution in [-0.4, -0.2) is 32.3 Å². The molecule has 0 aliphatic heterocycles. The maximum absolute atomic E-state index is 12.6. The first-order valence-corrected chi connectivity index (χ1v) is 11.2. The number of carboxylic acid groups (broad SMARTS) is 1.